The van der Waals surface area contributed by atoms with Crippen LogP contribution in [0.25, 0.3) is 0 Å². The molecular weight excluding hydrogens is 213 g/mol. The fourth-order valence-electron chi connectivity index (χ4n) is 1.80. The van der Waals surface area contributed by atoms with Gasteiger partial charge in [-0.25, -0.2) is 0 Å². The Morgan fingerprint density at radius 3 is 3.13 bits per heavy atom. The van der Waals surface area contributed by atoms with Crippen LogP contribution in [0.1, 0.15) is 19.1 Å². The maximum atomic E-state index is 11.5. The van der Waals surface area contributed by atoms with E-state index in [2.05, 4.69) is 9.47 Å². The van der Waals surface area contributed by atoms with E-state index in [1.807, 2.05) is 6.07 Å². The van der Waals surface area contributed by atoms with E-state index in [0.29, 0.717) is 6.61 Å². The second-order valence-electron chi connectivity index (χ2n) is 3.57. The zero-order chi connectivity index (χ0) is 10.7. The summed E-state index contributed by atoms with van der Waals surface area (Å²) in [5.41, 5.74) is -0.0186. The highest BCUT2D eigenvalue weighted by atomic mass is 31.0. The van der Waals surface area contributed by atoms with E-state index in [9.17, 15) is 4.79 Å². The Morgan fingerprint density at radius 2 is 2.40 bits per heavy atom. The summed E-state index contributed by atoms with van der Waals surface area (Å²) in [6.45, 7) is 0.558. The topological polar surface area (TPSA) is 40.5 Å². The molecule has 0 bridgehead atoms. The maximum Gasteiger partial charge on any atom is 0.252 e. The first-order valence-corrected chi connectivity index (χ1v) is 5.42. The molecule has 0 N–H and O–H groups in total. The van der Waals surface area contributed by atoms with Gasteiger partial charge in [-0.3, -0.25) is 9.36 Å². The first-order valence-electron chi connectivity index (χ1n) is 4.95. The summed E-state index contributed by atoms with van der Waals surface area (Å²) in [6, 6.07) is 5.12. The van der Waals surface area contributed by atoms with Gasteiger partial charge in [-0.2, -0.15) is 0 Å². The van der Waals surface area contributed by atoms with E-state index in [4.69, 9.17) is 9.26 Å². The minimum atomic E-state index is -0.135. The molecule has 2 rings (SSSR count). The fourth-order valence-corrected chi connectivity index (χ4v) is 2.01. The highest BCUT2D eigenvalue weighted by Crippen LogP contribution is 2.27. The van der Waals surface area contributed by atoms with Crippen molar-refractivity contribution < 1.29 is 9.26 Å². The highest BCUT2D eigenvalue weighted by molar-refractivity contribution is 7.09. The van der Waals surface area contributed by atoms with Crippen molar-refractivity contribution in [2.45, 2.75) is 25.2 Å². The molecule has 2 heterocycles. The monoisotopic (exact) mass is 227 g/mol. The van der Waals surface area contributed by atoms with Gasteiger partial charge in [0.1, 0.15) is 6.23 Å². The normalized spacial score (nSPS) is 25.7. The second-order valence-corrected chi connectivity index (χ2v) is 3.90. The van der Waals surface area contributed by atoms with E-state index >= 15 is 0 Å². The van der Waals surface area contributed by atoms with Crippen molar-refractivity contribution in [1.82, 2.24) is 4.57 Å². The molecule has 1 saturated heterocycles. The van der Waals surface area contributed by atoms with Crippen LogP contribution in [-0.2, 0) is 9.26 Å². The molecule has 0 spiro atoms. The number of pyridine rings is 1. The smallest absolute Gasteiger partial charge is 0.252 e. The van der Waals surface area contributed by atoms with Gasteiger partial charge in [0.15, 0.2) is 0 Å². The molecule has 1 aliphatic heterocycles. The summed E-state index contributed by atoms with van der Waals surface area (Å²) in [4.78, 5) is 11.5. The molecule has 0 saturated carbocycles. The number of ether oxygens (including phenoxy) is 1. The van der Waals surface area contributed by atoms with Crippen molar-refractivity contribution in [3.05, 3.63) is 34.7 Å². The summed E-state index contributed by atoms with van der Waals surface area (Å²) in [5, 5.41) is 0. The molecular formula is C10H14NO3P. The summed E-state index contributed by atoms with van der Waals surface area (Å²) in [6.07, 6.45) is 3.52. The van der Waals surface area contributed by atoms with E-state index in [1.54, 1.807) is 22.9 Å². The molecule has 0 radical (unpaired) electrons. The van der Waals surface area contributed by atoms with Crippen molar-refractivity contribution in [2.24, 2.45) is 0 Å². The molecule has 1 aromatic heterocycles. The Balaban J connectivity index is 2.08. The quantitative estimate of drug-likeness (QED) is 0.731. The number of nitrogens with zero attached hydrogens (tertiary/aromatic N) is 1. The zero-order valence-corrected chi connectivity index (χ0v) is 9.49. The van der Waals surface area contributed by atoms with Crippen LogP contribution in [0.5, 0.6) is 0 Å². The Labute approximate surface area is 90.5 Å². The van der Waals surface area contributed by atoms with Crippen LogP contribution in [0.4, 0.5) is 0 Å². The van der Waals surface area contributed by atoms with Gasteiger partial charge in [0.2, 0.25) is 0 Å². The van der Waals surface area contributed by atoms with Gasteiger partial charge in [0.05, 0.1) is 12.7 Å². The number of rotatable bonds is 3. The average Bonchev–Trinajstić information content (AvgIpc) is 2.68. The third-order valence-corrected chi connectivity index (χ3v) is 2.72. The summed E-state index contributed by atoms with van der Waals surface area (Å²) in [5.74, 6) is 0. The molecule has 5 heteroatoms. The van der Waals surface area contributed by atoms with Crippen LogP contribution in [-0.4, -0.2) is 17.3 Å². The lowest BCUT2D eigenvalue weighted by atomic mass is 10.2. The molecule has 15 heavy (non-hydrogen) atoms. The Morgan fingerprint density at radius 1 is 1.53 bits per heavy atom. The number of aromatic nitrogens is 1. The third kappa shape index (κ3) is 2.46. The van der Waals surface area contributed by atoms with Gasteiger partial charge >= 0.3 is 0 Å². The Bertz CT molecular complexity index is 379. The molecule has 4 nitrogen and oxygen atoms in total. The van der Waals surface area contributed by atoms with Gasteiger partial charge in [-0.1, -0.05) is 6.07 Å². The molecule has 0 amide bonds. The molecule has 3 unspecified atom stereocenters. The fraction of sp³-hybridized carbons (Fsp3) is 0.500. The van der Waals surface area contributed by atoms with Gasteiger partial charge in [-0.15, -0.1) is 0 Å². The van der Waals surface area contributed by atoms with Crippen molar-refractivity contribution in [3.8, 4) is 0 Å². The SMILES string of the molecule is O=c1ccccn1C1CCC(COP)O1. The third-order valence-electron chi connectivity index (χ3n) is 2.53. The van der Waals surface area contributed by atoms with Crippen molar-refractivity contribution >= 4 is 9.47 Å². The lowest BCUT2D eigenvalue weighted by Gasteiger charge is -2.15. The Hall–Kier alpha value is -0.700. The molecule has 1 fully saturated rings. The van der Waals surface area contributed by atoms with Crippen LogP contribution >= 0.6 is 9.47 Å². The average molecular weight is 227 g/mol. The molecule has 1 aromatic rings. The zero-order valence-electron chi connectivity index (χ0n) is 8.33. The van der Waals surface area contributed by atoms with Gasteiger partial charge < -0.3 is 9.26 Å². The van der Waals surface area contributed by atoms with E-state index in [1.165, 1.54) is 0 Å². The molecule has 3 atom stereocenters. The maximum absolute atomic E-state index is 11.5. The van der Waals surface area contributed by atoms with Crippen LogP contribution < -0.4 is 5.56 Å². The molecule has 82 valence electrons. The minimum Gasteiger partial charge on any atom is -0.363 e. The molecule has 1 aliphatic rings. The van der Waals surface area contributed by atoms with Crippen LogP contribution in [0.3, 0.4) is 0 Å². The van der Waals surface area contributed by atoms with E-state index < -0.39 is 0 Å². The standard InChI is InChI=1S/C10H14NO3P/c12-9-3-1-2-6-11(9)10-5-4-8(14-10)7-13-15/h1-3,6,8,10H,4-5,7,15H2. The predicted molar refractivity (Wildman–Crippen MR) is 59.5 cm³/mol. The first kappa shape index (κ1) is 10.8. The van der Waals surface area contributed by atoms with Crippen LogP contribution in [0.15, 0.2) is 29.2 Å². The number of hydrogen-bond acceptors (Lipinski definition) is 3. The Kier molecular flexibility index (Phi) is 3.52. The van der Waals surface area contributed by atoms with E-state index in [-0.39, 0.29) is 17.9 Å². The number of hydrogen-bond donors (Lipinski definition) is 0. The van der Waals surface area contributed by atoms with Crippen molar-refractivity contribution in [1.29, 1.82) is 0 Å². The first-order chi connectivity index (χ1) is 7.31. The highest BCUT2D eigenvalue weighted by Gasteiger charge is 2.26. The van der Waals surface area contributed by atoms with Gasteiger partial charge in [0.25, 0.3) is 5.56 Å². The molecule has 0 aromatic carbocycles. The van der Waals surface area contributed by atoms with E-state index in [0.717, 1.165) is 12.8 Å². The summed E-state index contributed by atoms with van der Waals surface area (Å²) < 4.78 is 12.3. The van der Waals surface area contributed by atoms with Gasteiger partial charge in [-0.05, 0) is 18.9 Å². The summed E-state index contributed by atoms with van der Waals surface area (Å²) >= 11 is 0. The van der Waals surface area contributed by atoms with Crippen molar-refractivity contribution in [3.63, 3.8) is 0 Å². The predicted octanol–water partition coefficient (Wildman–Crippen LogP) is 1.33. The van der Waals surface area contributed by atoms with Crippen molar-refractivity contribution in [2.75, 3.05) is 6.61 Å². The molecule has 0 aliphatic carbocycles. The largest absolute Gasteiger partial charge is 0.363 e. The minimum absolute atomic E-state index is 0.0186. The second kappa shape index (κ2) is 4.88. The summed E-state index contributed by atoms with van der Waals surface area (Å²) in [7, 11) is 2.21. The van der Waals surface area contributed by atoms with Crippen LogP contribution in [0, 0.1) is 0 Å². The lowest BCUT2D eigenvalue weighted by molar-refractivity contribution is -0.0166. The van der Waals surface area contributed by atoms with Crippen LogP contribution in [0.2, 0.25) is 0 Å². The van der Waals surface area contributed by atoms with Gasteiger partial charge in [0, 0.05) is 21.7 Å². The lowest BCUT2D eigenvalue weighted by Crippen LogP contribution is -2.24.